The molecular formula is C23H17N3O2. The third-order valence-electron chi connectivity index (χ3n) is 4.89. The molecule has 2 aromatic heterocycles. The van der Waals surface area contributed by atoms with Crippen LogP contribution >= 0.6 is 0 Å². The van der Waals surface area contributed by atoms with Crippen LogP contribution in [0, 0.1) is 0 Å². The first kappa shape index (κ1) is 16.3. The highest BCUT2D eigenvalue weighted by atomic mass is 16.5. The Morgan fingerprint density at radius 3 is 2.68 bits per heavy atom. The van der Waals surface area contributed by atoms with Crippen molar-refractivity contribution < 1.29 is 9.32 Å². The molecule has 0 atom stereocenters. The van der Waals surface area contributed by atoms with Crippen molar-refractivity contribution in [3.8, 4) is 11.3 Å². The molecule has 0 spiro atoms. The smallest absolute Gasteiger partial charge is 0.251 e. The van der Waals surface area contributed by atoms with E-state index in [0.29, 0.717) is 17.9 Å². The number of benzene rings is 3. The molecule has 1 amide bonds. The van der Waals surface area contributed by atoms with Gasteiger partial charge in [0.1, 0.15) is 5.52 Å². The van der Waals surface area contributed by atoms with Gasteiger partial charge in [-0.25, -0.2) is 0 Å². The van der Waals surface area contributed by atoms with Gasteiger partial charge < -0.3 is 14.8 Å². The first-order valence-corrected chi connectivity index (χ1v) is 9.07. The van der Waals surface area contributed by atoms with Crippen molar-refractivity contribution in [2.45, 2.75) is 6.54 Å². The van der Waals surface area contributed by atoms with Gasteiger partial charge in [-0.2, -0.15) is 0 Å². The Morgan fingerprint density at radius 1 is 0.964 bits per heavy atom. The zero-order chi connectivity index (χ0) is 18.9. The Kier molecular flexibility index (Phi) is 3.91. The van der Waals surface area contributed by atoms with Gasteiger partial charge in [0.05, 0.1) is 5.39 Å². The van der Waals surface area contributed by atoms with E-state index in [1.54, 1.807) is 6.07 Å². The molecule has 0 saturated heterocycles. The second kappa shape index (κ2) is 6.70. The van der Waals surface area contributed by atoms with Crippen molar-refractivity contribution in [3.63, 3.8) is 0 Å². The molecule has 5 nitrogen and oxygen atoms in total. The Morgan fingerprint density at radius 2 is 1.79 bits per heavy atom. The van der Waals surface area contributed by atoms with Gasteiger partial charge in [0, 0.05) is 34.8 Å². The summed E-state index contributed by atoms with van der Waals surface area (Å²) in [5.41, 5.74) is 4.35. The number of para-hydroxylation sites is 1. The summed E-state index contributed by atoms with van der Waals surface area (Å²) in [6.07, 6.45) is 1.93. The van der Waals surface area contributed by atoms with Gasteiger partial charge in [0.15, 0.2) is 5.76 Å². The molecule has 0 bridgehead atoms. The molecule has 0 aliphatic carbocycles. The molecule has 0 aliphatic heterocycles. The molecule has 5 aromatic rings. The maximum atomic E-state index is 12.7. The van der Waals surface area contributed by atoms with Crippen molar-refractivity contribution >= 4 is 27.7 Å². The molecule has 0 fully saturated rings. The van der Waals surface area contributed by atoms with Crippen LogP contribution in [0.2, 0.25) is 0 Å². The highest BCUT2D eigenvalue weighted by Gasteiger charge is 2.14. The van der Waals surface area contributed by atoms with E-state index < -0.39 is 0 Å². The highest BCUT2D eigenvalue weighted by Crippen LogP contribution is 2.29. The molecule has 3 aromatic carbocycles. The van der Waals surface area contributed by atoms with Gasteiger partial charge in [0.25, 0.3) is 5.91 Å². The van der Waals surface area contributed by atoms with Crippen molar-refractivity contribution in [1.82, 2.24) is 15.5 Å². The zero-order valence-corrected chi connectivity index (χ0v) is 15.0. The maximum absolute atomic E-state index is 12.7. The fraction of sp³-hybridized carbons (Fsp3) is 0.0435. The lowest BCUT2D eigenvalue weighted by Crippen LogP contribution is -2.22. The fourth-order valence-corrected chi connectivity index (χ4v) is 3.44. The molecule has 2 N–H and O–H groups in total. The second-order valence-corrected chi connectivity index (χ2v) is 6.65. The van der Waals surface area contributed by atoms with Crippen molar-refractivity contribution in [1.29, 1.82) is 0 Å². The van der Waals surface area contributed by atoms with E-state index in [4.69, 9.17) is 4.52 Å². The lowest BCUT2D eigenvalue weighted by Gasteiger charge is -2.05. The number of aromatic nitrogens is 2. The molecule has 0 unspecified atom stereocenters. The summed E-state index contributed by atoms with van der Waals surface area (Å²) in [6.45, 7) is 0.454. The van der Waals surface area contributed by atoms with E-state index in [9.17, 15) is 4.79 Å². The Hall–Kier alpha value is -3.86. The van der Waals surface area contributed by atoms with Crippen LogP contribution in [-0.2, 0) is 6.54 Å². The number of rotatable bonds is 4. The molecule has 2 heterocycles. The minimum absolute atomic E-state index is 0.132. The summed E-state index contributed by atoms with van der Waals surface area (Å²) in [4.78, 5) is 15.9. The van der Waals surface area contributed by atoms with Crippen LogP contribution in [0.4, 0.5) is 0 Å². The van der Waals surface area contributed by atoms with Crippen LogP contribution in [0.3, 0.4) is 0 Å². The van der Waals surface area contributed by atoms with Crippen LogP contribution < -0.4 is 5.32 Å². The van der Waals surface area contributed by atoms with Crippen molar-refractivity contribution in [2.24, 2.45) is 0 Å². The van der Waals surface area contributed by atoms with E-state index in [1.807, 2.05) is 72.9 Å². The normalized spacial score (nSPS) is 11.1. The van der Waals surface area contributed by atoms with Crippen LogP contribution in [0.5, 0.6) is 0 Å². The standard InChI is InChI=1S/C23H17N3O2/c27-23(25-14-17-13-24-20-9-5-4-8-18(17)20)16-10-11-21-19(12-16)22(28-26-21)15-6-2-1-3-7-15/h1-13,24H,14H2,(H,25,27). The number of hydrogen-bond acceptors (Lipinski definition) is 3. The van der Waals surface area contributed by atoms with Crippen molar-refractivity contribution in [2.75, 3.05) is 0 Å². The third kappa shape index (κ3) is 2.83. The molecule has 0 saturated carbocycles. The number of H-pyrrole nitrogens is 1. The number of nitrogens with zero attached hydrogens (tertiary/aromatic N) is 1. The first-order valence-electron chi connectivity index (χ1n) is 9.07. The van der Waals surface area contributed by atoms with E-state index in [2.05, 4.69) is 15.5 Å². The number of fused-ring (bicyclic) bond motifs is 2. The van der Waals surface area contributed by atoms with Crippen LogP contribution in [0.1, 0.15) is 15.9 Å². The van der Waals surface area contributed by atoms with Gasteiger partial charge >= 0.3 is 0 Å². The monoisotopic (exact) mass is 367 g/mol. The Labute approximate surface area is 161 Å². The van der Waals surface area contributed by atoms with Gasteiger partial charge in [-0.1, -0.05) is 53.7 Å². The fourth-order valence-electron chi connectivity index (χ4n) is 3.44. The molecule has 136 valence electrons. The summed E-state index contributed by atoms with van der Waals surface area (Å²) in [6, 6.07) is 23.2. The topological polar surface area (TPSA) is 70.9 Å². The van der Waals surface area contributed by atoms with Gasteiger partial charge in [0.2, 0.25) is 0 Å². The van der Waals surface area contributed by atoms with E-state index >= 15 is 0 Å². The van der Waals surface area contributed by atoms with Gasteiger partial charge in [-0.3, -0.25) is 4.79 Å². The average molecular weight is 367 g/mol. The minimum Gasteiger partial charge on any atom is -0.361 e. The van der Waals surface area contributed by atoms with Crippen LogP contribution in [0.25, 0.3) is 33.1 Å². The summed E-state index contributed by atoms with van der Waals surface area (Å²) < 4.78 is 5.52. The Balaban J connectivity index is 1.42. The predicted octanol–water partition coefficient (Wildman–Crippen LogP) is 4.91. The number of hydrogen-bond donors (Lipinski definition) is 2. The number of nitrogens with one attached hydrogen (secondary N) is 2. The highest BCUT2D eigenvalue weighted by molar-refractivity contribution is 6.01. The lowest BCUT2D eigenvalue weighted by molar-refractivity contribution is 0.0951. The van der Waals surface area contributed by atoms with E-state index in [0.717, 1.165) is 32.9 Å². The van der Waals surface area contributed by atoms with E-state index in [-0.39, 0.29) is 5.91 Å². The first-order chi connectivity index (χ1) is 13.8. The van der Waals surface area contributed by atoms with E-state index in [1.165, 1.54) is 0 Å². The Bertz CT molecular complexity index is 1290. The lowest BCUT2D eigenvalue weighted by atomic mass is 10.1. The molecule has 5 rings (SSSR count). The summed E-state index contributed by atoms with van der Waals surface area (Å²) in [5, 5.41) is 9.04. The number of amides is 1. The number of carbonyl (C=O) groups excluding carboxylic acids is 1. The molecule has 28 heavy (non-hydrogen) atoms. The quantitative estimate of drug-likeness (QED) is 0.474. The number of aromatic amines is 1. The summed E-state index contributed by atoms with van der Waals surface area (Å²) in [5.74, 6) is 0.536. The minimum atomic E-state index is -0.132. The third-order valence-corrected chi connectivity index (χ3v) is 4.89. The zero-order valence-electron chi connectivity index (χ0n) is 15.0. The average Bonchev–Trinajstić information content (AvgIpc) is 3.36. The van der Waals surface area contributed by atoms with Crippen LogP contribution in [0.15, 0.2) is 83.5 Å². The molecule has 0 aliphatic rings. The summed E-state index contributed by atoms with van der Waals surface area (Å²) in [7, 11) is 0. The molecular weight excluding hydrogens is 350 g/mol. The SMILES string of the molecule is O=C(NCc1c[nH]c2ccccc12)c1ccc2noc(-c3ccccc3)c2c1. The predicted molar refractivity (Wildman–Crippen MR) is 109 cm³/mol. The number of carbonyl (C=O) groups is 1. The van der Waals surface area contributed by atoms with Gasteiger partial charge in [-0.15, -0.1) is 0 Å². The van der Waals surface area contributed by atoms with Gasteiger partial charge in [-0.05, 0) is 29.8 Å². The molecule has 0 radical (unpaired) electrons. The van der Waals surface area contributed by atoms with Crippen molar-refractivity contribution in [3.05, 3.63) is 90.1 Å². The second-order valence-electron chi connectivity index (χ2n) is 6.65. The maximum Gasteiger partial charge on any atom is 0.251 e. The van der Waals surface area contributed by atoms with Crippen LogP contribution in [-0.4, -0.2) is 16.0 Å². The summed E-state index contributed by atoms with van der Waals surface area (Å²) >= 11 is 0. The molecule has 5 heteroatoms. The largest absolute Gasteiger partial charge is 0.361 e.